The first-order valence-electron chi connectivity index (χ1n) is 5.90. The molecule has 0 amide bonds. The van der Waals surface area contributed by atoms with E-state index in [2.05, 4.69) is 21.4 Å². The third kappa shape index (κ3) is 3.81. The average Bonchev–Trinajstić information content (AvgIpc) is 2.38. The highest BCUT2D eigenvalue weighted by atomic mass is 79.9. The molecule has 1 atom stereocenters. The van der Waals surface area contributed by atoms with Crippen molar-refractivity contribution in [3.05, 3.63) is 69.4 Å². The molecule has 7 heteroatoms. The van der Waals surface area contributed by atoms with Crippen LogP contribution in [0.4, 0.5) is 17.6 Å². The van der Waals surface area contributed by atoms with Gasteiger partial charge in [-0.2, -0.15) is 13.2 Å². The molecular weight excluding hydrogens is 352 g/mol. The van der Waals surface area contributed by atoms with E-state index in [0.717, 1.165) is 12.1 Å². The molecule has 2 rings (SSSR count). The zero-order valence-electron chi connectivity index (χ0n) is 10.6. The van der Waals surface area contributed by atoms with Gasteiger partial charge < -0.3 is 0 Å². The first-order chi connectivity index (χ1) is 9.81. The summed E-state index contributed by atoms with van der Waals surface area (Å²) in [4.78, 5) is 0. The fraction of sp³-hybridized carbons (Fsp3) is 0.143. The fourth-order valence-electron chi connectivity index (χ4n) is 1.99. The summed E-state index contributed by atoms with van der Waals surface area (Å²) < 4.78 is 51.5. The standard InChI is InChI=1S/C14H11BrF4N2/c15-11-5-9(6-12(16)7-11)13(21-20)8-1-3-10(4-2-8)14(17,18)19/h1-7,13,21H,20H2. The van der Waals surface area contributed by atoms with Gasteiger partial charge in [-0.1, -0.05) is 28.1 Å². The first-order valence-corrected chi connectivity index (χ1v) is 6.70. The number of nitrogens with two attached hydrogens (primary N) is 1. The van der Waals surface area contributed by atoms with Crippen molar-refractivity contribution in [2.45, 2.75) is 12.2 Å². The van der Waals surface area contributed by atoms with Crippen molar-refractivity contribution in [3.63, 3.8) is 0 Å². The molecular formula is C14H11BrF4N2. The van der Waals surface area contributed by atoms with Crippen LogP contribution in [0.1, 0.15) is 22.7 Å². The highest BCUT2D eigenvalue weighted by Crippen LogP contribution is 2.31. The normalized spacial score (nSPS) is 13.2. The van der Waals surface area contributed by atoms with Crippen molar-refractivity contribution in [3.8, 4) is 0 Å². The van der Waals surface area contributed by atoms with E-state index in [0.29, 0.717) is 15.6 Å². The molecule has 0 bridgehead atoms. The van der Waals surface area contributed by atoms with Gasteiger partial charge in [-0.3, -0.25) is 5.84 Å². The second-order valence-corrected chi connectivity index (χ2v) is 5.34. The Balaban J connectivity index is 2.37. The van der Waals surface area contributed by atoms with E-state index in [1.807, 2.05) is 0 Å². The predicted molar refractivity (Wildman–Crippen MR) is 74.7 cm³/mol. The minimum absolute atomic E-state index is 0.466. The average molecular weight is 363 g/mol. The van der Waals surface area contributed by atoms with Crippen LogP contribution in [0.2, 0.25) is 0 Å². The maximum Gasteiger partial charge on any atom is 0.416 e. The van der Waals surface area contributed by atoms with Gasteiger partial charge in [0.25, 0.3) is 0 Å². The third-order valence-corrected chi connectivity index (χ3v) is 3.41. The van der Waals surface area contributed by atoms with Gasteiger partial charge in [-0.25, -0.2) is 9.82 Å². The van der Waals surface area contributed by atoms with E-state index < -0.39 is 23.6 Å². The Bertz CT molecular complexity index is 606. The molecule has 2 aromatic carbocycles. The van der Waals surface area contributed by atoms with Crippen LogP contribution in [0.5, 0.6) is 0 Å². The molecule has 0 saturated carbocycles. The van der Waals surface area contributed by atoms with Crippen LogP contribution in [0.3, 0.4) is 0 Å². The number of hydrogen-bond acceptors (Lipinski definition) is 2. The second kappa shape index (κ2) is 6.13. The van der Waals surface area contributed by atoms with Crippen molar-refractivity contribution in [2.24, 2.45) is 5.84 Å². The van der Waals surface area contributed by atoms with Crippen molar-refractivity contribution in [1.29, 1.82) is 0 Å². The largest absolute Gasteiger partial charge is 0.416 e. The summed E-state index contributed by atoms with van der Waals surface area (Å²) in [6.45, 7) is 0. The lowest BCUT2D eigenvalue weighted by molar-refractivity contribution is -0.137. The highest BCUT2D eigenvalue weighted by molar-refractivity contribution is 9.10. The number of benzene rings is 2. The molecule has 2 aromatic rings. The molecule has 0 heterocycles. The number of alkyl halides is 3. The van der Waals surface area contributed by atoms with Gasteiger partial charge in [0.1, 0.15) is 5.82 Å². The van der Waals surface area contributed by atoms with E-state index in [-0.39, 0.29) is 0 Å². The van der Waals surface area contributed by atoms with Gasteiger partial charge in [0, 0.05) is 4.47 Å². The fourth-order valence-corrected chi connectivity index (χ4v) is 2.47. The number of rotatable bonds is 3. The minimum atomic E-state index is -4.40. The lowest BCUT2D eigenvalue weighted by atomic mass is 9.98. The van der Waals surface area contributed by atoms with E-state index >= 15 is 0 Å². The molecule has 0 saturated heterocycles. The number of halogens is 5. The second-order valence-electron chi connectivity index (χ2n) is 4.42. The van der Waals surface area contributed by atoms with Gasteiger partial charge >= 0.3 is 6.18 Å². The third-order valence-electron chi connectivity index (χ3n) is 2.96. The van der Waals surface area contributed by atoms with Crippen molar-refractivity contribution in [1.82, 2.24) is 5.43 Å². The molecule has 112 valence electrons. The number of nitrogens with one attached hydrogen (secondary N) is 1. The molecule has 1 unspecified atom stereocenters. The molecule has 0 fully saturated rings. The SMILES string of the molecule is NNC(c1ccc(C(F)(F)F)cc1)c1cc(F)cc(Br)c1. The van der Waals surface area contributed by atoms with Crippen LogP contribution in [0.25, 0.3) is 0 Å². The van der Waals surface area contributed by atoms with Crippen LogP contribution in [-0.4, -0.2) is 0 Å². The van der Waals surface area contributed by atoms with Crippen LogP contribution >= 0.6 is 15.9 Å². The summed E-state index contributed by atoms with van der Waals surface area (Å²) in [5, 5.41) is 0. The molecule has 0 radical (unpaired) electrons. The monoisotopic (exact) mass is 362 g/mol. The zero-order valence-corrected chi connectivity index (χ0v) is 12.2. The van der Waals surface area contributed by atoms with Gasteiger partial charge in [0.2, 0.25) is 0 Å². The lowest BCUT2D eigenvalue weighted by Gasteiger charge is -2.18. The maximum atomic E-state index is 13.4. The van der Waals surface area contributed by atoms with Crippen molar-refractivity contribution >= 4 is 15.9 Å². The Morgan fingerprint density at radius 1 is 1.00 bits per heavy atom. The van der Waals surface area contributed by atoms with Crippen LogP contribution in [0.15, 0.2) is 46.9 Å². The zero-order chi connectivity index (χ0) is 15.6. The highest BCUT2D eigenvalue weighted by Gasteiger charge is 2.30. The number of hydrogen-bond donors (Lipinski definition) is 2. The topological polar surface area (TPSA) is 38.0 Å². The Hall–Kier alpha value is -1.44. The summed E-state index contributed by atoms with van der Waals surface area (Å²) in [7, 11) is 0. The molecule has 0 aromatic heterocycles. The van der Waals surface area contributed by atoms with Crippen LogP contribution in [0, 0.1) is 5.82 Å². The van der Waals surface area contributed by atoms with Gasteiger partial charge in [-0.05, 0) is 41.5 Å². The molecule has 3 N–H and O–H groups in total. The quantitative estimate of drug-likeness (QED) is 0.488. The van der Waals surface area contributed by atoms with Crippen LogP contribution in [-0.2, 0) is 6.18 Å². The van der Waals surface area contributed by atoms with E-state index in [4.69, 9.17) is 5.84 Å². The first kappa shape index (κ1) is 15.9. The van der Waals surface area contributed by atoms with Gasteiger partial charge in [-0.15, -0.1) is 0 Å². The van der Waals surface area contributed by atoms with E-state index in [9.17, 15) is 17.6 Å². The Morgan fingerprint density at radius 2 is 1.62 bits per heavy atom. The van der Waals surface area contributed by atoms with Gasteiger partial charge in [0.05, 0.1) is 11.6 Å². The minimum Gasteiger partial charge on any atom is -0.271 e. The Morgan fingerprint density at radius 3 is 2.10 bits per heavy atom. The van der Waals surface area contributed by atoms with Gasteiger partial charge in [0.15, 0.2) is 0 Å². The lowest BCUT2D eigenvalue weighted by Crippen LogP contribution is -2.29. The molecule has 0 aliphatic rings. The van der Waals surface area contributed by atoms with Crippen molar-refractivity contribution in [2.75, 3.05) is 0 Å². The molecule has 0 spiro atoms. The summed E-state index contributed by atoms with van der Waals surface area (Å²) >= 11 is 3.16. The molecule has 0 aliphatic carbocycles. The molecule has 0 aliphatic heterocycles. The molecule has 21 heavy (non-hydrogen) atoms. The summed E-state index contributed by atoms with van der Waals surface area (Å²) in [6, 6.07) is 8.14. The summed E-state index contributed by atoms with van der Waals surface area (Å²) in [6.07, 6.45) is -4.40. The summed E-state index contributed by atoms with van der Waals surface area (Å²) in [5.74, 6) is 4.98. The molecule has 2 nitrogen and oxygen atoms in total. The summed E-state index contributed by atoms with van der Waals surface area (Å²) in [5.41, 5.74) is 2.74. The smallest absolute Gasteiger partial charge is 0.271 e. The Labute approximate surface area is 127 Å². The van der Waals surface area contributed by atoms with E-state index in [1.165, 1.54) is 24.3 Å². The van der Waals surface area contributed by atoms with Crippen molar-refractivity contribution < 1.29 is 17.6 Å². The number of hydrazine groups is 1. The van der Waals surface area contributed by atoms with E-state index in [1.54, 1.807) is 6.07 Å². The van der Waals surface area contributed by atoms with Crippen LogP contribution < -0.4 is 11.3 Å². The predicted octanol–water partition coefficient (Wildman–Crippen LogP) is 4.16. The Kier molecular flexibility index (Phi) is 4.65. The maximum absolute atomic E-state index is 13.4.